The number of rotatable bonds is 37. The summed E-state index contributed by atoms with van der Waals surface area (Å²) in [7, 11) is -4.69. The molecule has 15 heteroatoms. The van der Waals surface area contributed by atoms with Crippen molar-refractivity contribution in [2.75, 3.05) is 26.4 Å². The lowest BCUT2D eigenvalue weighted by Crippen LogP contribution is -2.43. The Kier molecular flexibility index (Phi) is 32.6. The summed E-state index contributed by atoms with van der Waals surface area (Å²) in [6, 6.07) is 0. The first-order valence-electron chi connectivity index (χ1n) is 22.5. The zero-order chi connectivity index (χ0) is 43.7. The number of carbonyl (C=O) groups is 2. The van der Waals surface area contributed by atoms with Crippen LogP contribution < -0.4 is 0 Å². The van der Waals surface area contributed by atoms with Crippen molar-refractivity contribution < 1.29 is 67.8 Å². The lowest BCUT2D eigenvalue weighted by molar-refractivity contribution is -0.199. The van der Waals surface area contributed by atoms with Crippen LogP contribution in [0.1, 0.15) is 168 Å². The summed E-state index contributed by atoms with van der Waals surface area (Å²) >= 11 is 0. The van der Waals surface area contributed by atoms with E-state index in [4.69, 9.17) is 23.8 Å². The van der Waals surface area contributed by atoms with Gasteiger partial charge in [-0.25, -0.2) is 4.57 Å². The van der Waals surface area contributed by atoms with Gasteiger partial charge in [-0.3, -0.25) is 18.6 Å². The highest BCUT2D eigenvalue weighted by molar-refractivity contribution is 7.47. The highest BCUT2D eigenvalue weighted by atomic mass is 31.2. The molecule has 14 nitrogen and oxygen atoms in total. The molecule has 0 aliphatic carbocycles. The molecule has 0 amide bonds. The van der Waals surface area contributed by atoms with Gasteiger partial charge in [-0.15, -0.1) is 0 Å². The molecule has 1 fully saturated rings. The normalized spacial score (nSPS) is 21.2. The lowest BCUT2D eigenvalue weighted by atomic mass is 9.87. The first kappa shape index (κ1) is 55.3. The van der Waals surface area contributed by atoms with Crippen LogP contribution in [0, 0.1) is 11.8 Å². The van der Waals surface area contributed by atoms with Crippen LogP contribution in [0.4, 0.5) is 0 Å². The maximum atomic E-state index is 12.7. The average molecular weight is 865 g/mol. The standard InChI is InChI=1S/C44H81O14P/c1-4-5-18-24-36(46)28-29-41-39(40(48)30-44(51)58-41)25-20-16-17-22-27-43(50)57-38(34-56-59(52,53)55-32-37(47)31-45)33-54-42(49)26-21-15-13-11-9-7-6-8-10-12-14-19-23-35(2)3/h16,20,28-29,35-41,44-48,51H,4-15,17-19,21-27,30-34H2,1-3H3,(H,52,53)/b20-16-,29-28+/t36-,37-,38+,39-,40-,41+,44?/m0/s1. The zero-order valence-electron chi connectivity index (χ0n) is 36.4. The van der Waals surface area contributed by atoms with E-state index in [0.29, 0.717) is 32.1 Å². The second-order valence-electron chi connectivity index (χ2n) is 16.4. The number of allylic oxidation sites excluding steroid dienone is 2. The minimum Gasteiger partial charge on any atom is -0.462 e. The molecule has 1 heterocycles. The van der Waals surface area contributed by atoms with Gasteiger partial charge in [0.05, 0.1) is 38.1 Å². The van der Waals surface area contributed by atoms with E-state index < -0.39 is 83.0 Å². The van der Waals surface area contributed by atoms with Crippen LogP contribution in [0.2, 0.25) is 0 Å². The third kappa shape index (κ3) is 30.9. The van der Waals surface area contributed by atoms with Crippen LogP contribution in [-0.2, 0) is 37.4 Å². The van der Waals surface area contributed by atoms with Crippen molar-refractivity contribution in [2.24, 2.45) is 11.8 Å². The Balaban J connectivity index is 2.50. The fraction of sp³-hybridized carbons (Fsp3) is 0.864. The van der Waals surface area contributed by atoms with E-state index in [2.05, 4.69) is 25.3 Å². The van der Waals surface area contributed by atoms with Crippen molar-refractivity contribution in [1.82, 2.24) is 0 Å². The van der Waals surface area contributed by atoms with E-state index in [1.54, 1.807) is 12.2 Å². The SMILES string of the molecule is CCCCC[C@H](O)/C=C/[C@H]1OC(O)C[C@H](O)[C@@H]1C/C=C\CCCC(=O)O[C@H](COC(=O)CCCCCCCCCCCCCCC(C)C)COP(=O)(O)OC[C@@H](O)CO. The van der Waals surface area contributed by atoms with Crippen molar-refractivity contribution >= 4 is 19.8 Å². The molecule has 0 bridgehead atoms. The van der Waals surface area contributed by atoms with Gasteiger partial charge < -0.3 is 44.6 Å². The molecule has 0 saturated carbocycles. The van der Waals surface area contributed by atoms with Crippen LogP contribution in [0.5, 0.6) is 0 Å². The van der Waals surface area contributed by atoms with Crippen molar-refractivity contribution in [3.8, 4) is 0 Å². The molecule has 1 aliphatic heterocycles. The Morgan fingerprint density at radius 1 is 0.780 bits per heavy atom. The molecule has 0 aromatic carbocycles. The van der Waals surface area contributed by atoms with Gasteiger partial charge in [0.15, 0.2) is 12.4 Å². The minimum atomic E-state index is -4.69. The summed E-state index contributed by atoms with van der Waals surface area (Å²) in [5, 5.41) is 49.3. The van der Waals surface area contributed by atoms with Gasteiger partial charge in [0.1, 0.15) is 12.7 Å². The minimum absolute atomic E-state index is 0.00809. The van der Waals surface area contributed by atoms with Crippen LogP contribution in [-0.4, -0.2) is 106 Å². The number of hydrogen-bond donors (Lipinski definition) is 6. The molecule has 0 aromatic rings. The Bertz CT molecular complexity index is 1170. The first-order chi connectivity index (χ1) is 28.3. The van der Waals surface area contributed by atoms with Crippen molar-refractivity contribution in [3.05, 3.63) is 24.3 Å². The van der Waals surface area contributed by atoms with E-state index in [0.717, 1.165) is 44.4 Å². The quantitative estimate of drug-likeness (QED) is 0.0152. The van der Waals surface area contributed by atoms with Crippen LogP contribution in [0.3, 0.4) is 0 Å². The van der Waals surface area contributed by atoms with E-state index in [-0.39, 0.29) is 25.2 Å². The maximum Gasteiger partial charge on any atom is 0.472 e. The number of phosphoric ester groups is 1. The van der Waals surface area contributed by atoms with E-state index in [1.807, 2.05) is 12.2 Å². The molecular weight excluding hydrogens is 783 g/mol. The number of aliphatic hydroxyl groups is 5. The molecular formula is C44H81O14P. The van der Waals surface area contributed by atoms with E-state index in [1.165, 1.54) is 57.8 Å². The summed E-state index contributed by atoms with van der Waals surface area (Å²) in [5.74, 6) is -0.662. The van der Waals surface area contributed by atoms with E-state index in [9.17, 15) is 39.5 Å². The van der Waals surface area contributed by atoms with Crippen molar-refractivity contribution in [3.63, 3.8) is 0 Å². The largest absolute Gasteiger partial charge is 0.472 e. The fourth-order valence-electron chi connectivity index (χ4n) is 6.75. The number of ether oxygens (including phenoxy) is 3. The summed E-state index contributed by atoms with van der Waals surface area (Å²) in [6.07, 6.45) is 21.9. The molecule has 346 valence electrons. The molecule has 1 aliphatic rings. The Morgan fingerprint density at radius 2 is 1.37 bits per heavy atom. The van der Waals surface area contributed by atoms with Gasteiger partial charge in [0.25, 0.3) is 0 Å². The number of carbonyl (C=O) groups excluding carboxylic acids is 2. The predicted octanol–water partition coefficient (Wildman–Crippen LogP) is 7.74. The summed E-state index contributed by atoms with van der Waals surface area (Å²) < 4.78 is 38.4. The van der Waals surface area contributed by atoms with Crippen LogP contribution >= 0.6 is 7.82 Å². The molecule has 2 unspecified atom stereocenters. The average Bonchev–Trinajstić information content (AvgIpc) is 3.19. The molecule has 1 rings (SSSR count). The third-order valence-corrected chi connectivity index (χ3v) is 11.3. The second kappa shape index (κ2) is 34.8. The monoisotopic (exact) mass is 865 g/mol. The maximum absolute atomic E-state index is 12.7. The zero-order valence-corrected chi connectivity index (χ0v) is 37.3. The summed E-state index contributed by atoms with van der Waals surface area (Å²) in [6.45, 7) is 4.28. The predicted molar refractivity (Wildman–Crippen MR) is 227 cm³/mol. The van der Waals surface area contributed by atoms with Gasteiger partial charge in [-0.05, 0) is 38.0 Å². The second-order valence-corrected chi connectivity index (χ2v) is 17.9. The van der Waals surface area contributed by atoms with Gasteiger partial charge in [-0.1, -0.05) is 141 Å². The highest BCUT2D eigenvalue weighted by Gasteiger charge is 2.35. The summed E-state index contributed by atoms with van der Waals surface area (Å²) in [5.41, 5.74) is 0. The van der Waals surface area contributed by atoms with Gasteiger partial charge in [-0.2, -0.15) is 0 Å². The molecule has 0 spiro atoms. The van der Waals surface area contributed by atoms with Crippen molar-refractivity contribution in [2.45, 2.75) is 205 Å². The highest BCUT2D eigenvalue weighted by Crippen LogP contribution is 2.43. The molecule has 6 N–H and O–H groups in total. The lowest BCUT2D eigenvalue weighted by Gasteiger charge is -2.36. The number of aliphatic hydroxyl groups excluding tert-OH is 5. The Hall–Kier alpha value is -1.71. The topological polar surface area (TPSA) is 219 Å². The van der Waals surface area contributed by atoms with E-state index >= 15 is 0 Å². The fourth-order valence-corrected chi connectivity index (χ4v) is 7.54. The number of phosphoric acid groups is 1. The number of hydrogen-bond acceptors (Lipinski definition) is 13. The Labute approximate surface area is 354 Å². The molecule has 1 saturated heterocycles. The van der Waals surface area contributed by atoms with Gasteiger partial charge >= 0.3 is 19.8 Å². The van der Waals surface area contributed by atoms with Crippen molar-refractivity contribution in [1.29, 1.82) is 0 Å². The number of unbranched alkanes of at least 4 members (excludes halogenated alkanes) is 14. The van der Waals surface area contributed by atoms with Crippen LogP contribution in [0.25, 0.3) is 0 Å². The molecule has 0 radical (unpaired) electrons. The van der Waals surface area contributed by atoms with Crippen LogP contribution in [0.15, 0.2) is 24.3 Å². The van der Waals surface area contributed by atoms with Gasteiger partial charge in [0.2, 0.25) is 0 Å². The third-order valence-electron chi connectivity index (χ3n) is 10.3. The molecule has 0 aromatic heterocycles. The van der Waals surface area contributed by atoms with Gasteiger partial charge in [0, 0.05) is 25.2 Å². The Morgan fingerprint density at radius 3 is 2.00 bits per heavy atom. The number of esters is 2. The summed E-state index contributed by atoms with van der Waals surface area (Å²) in [4.78, 5) is 35.2. The molecule has 8 atom stereocenters. The first-order valence-corrected chi connectivity index (χ1v) is 24.0. The molecule has 59 heavy (non-hydrogen) atoms. The smallest absolute Gasteiger partial charge is 0.462 e.